The third-order valence-electron chi connectivity index (χ3n) is 4.54. The smallest absolute Gasteiger partial charge is 0.305 e. The quantitative estimate of drug-likeness (QED) is 0.644. The lowest BCUT2D eigenvalue weighted by Gasteiger charge is -2.20. The number of benzene rings is 1. The number of H-pyrrole nitrogens is 1. The molecule has 0 saturated carbocycles. The van der Waals surface area contributed by atoms with E-state index in [0.717, 1.165) is 30.0 Å². The maximum atomic E-state index is 13.1. The van der Waals surface area contributed by atoms with Gasteiger partial charge in [0.05, 0.1) is 22.9 Å². The van der Waals surface area contributed by atoms with E-state index in [-0.39, 0.29) is 15.3 Å². The average molecular weight is 419 g/mol. The number of nitrogens with zero attached hydrogens (tertiary/aromatic N) is 4. The monoisotopic (exact) mass is 419 g/mol. The molecule has 29 heavy (non-hydrogen) atoms. The Morgan fingerprint density at radius 1 is 1.24 bits per heavy atom. The van der Waals surface area contributed by atoms with Gasteiger partial charge >= 0.3 is 5.69 Å². The number of aromatic amines is 1. The summed E-state index contributed by atoms with van der Waals surface area (Å²) in [4.78, 5) is 40.0. The molecule has 0 aliphatic rings. The number of carbonyl (C=O) groups excluding carboxylic acids is 1. The molecule has 0 unspecified atom stereocenters. The molecule has 1 N–H and O–H groups in total. The van der Waals surface area contributed by atoms with Crippen molar-refractivity contribution in [3.63, 3.8) is 0 Å². The van der Waals surface area contributed by atoms with Crippen LogP contribution in [0.15, 0.2) is 34.0 Å². The van der Waals surface area contributed by atoms with Gasteiger partial charge in [0.25, 0.3) is 21.5 Å². The van der Waals surface area contributed by atoms with Crippen LogP contribution in [0.5, 0.6) is 0 Å². The van der Waals surface area contributed by atoms with Gasteiger partial charge in [-0.2, -0.15) is 5.10 Å². The second-order valence-corrected chi connectivity index (χ2v) is 8.32. The first-order valence-electron chi connectivity index (χ1n) is 8.95. The number of aromatic nitrogens is 4. The van der Waals surface area contributed by atoms with E-state index in [2.05, 4.69) is 10.1 Å². The maximum Gasteiger partial charge on any atom is 0.349 e. The van der Waals surface area contributed by atoms with Crippen LogP contribution in [0.4, 0.5) is 0 Å². The number of fused-ring (bicyclic) bond motifs is 1. The van der Waals surface area contributed by atoms with Gasteiger partial charge in [-0.15, -0.1) is 9.09 Å². The van der Waals surface area contributed by atoms with Crippen LogP contribution in [0.25, 0.3) is 22.2 Å². The summed E-state index contributed by atoms with van der Waals surface area (Å²) in [6.45, 7) is 5.45. The van der Waals surface area contributed by atoms with Crippen molar-refractivity contribution in [1.29, 1.82) is 0 Å². The van der Waals surface area contributed by atoms with Crippen LogP contribution in [-0.4, -0.2) is 40.0 Å². The fourth-order valence-electron chi connectivity index (χ4n) is 3.33. The molecule has 1 aromatic carbocycles. The summed E-state index contributed by atoms with van der Waals surface area (Å²) in [5, 5.41) is 4.33. The van der Waals surface area contributed by atoms with Gasteiger partial charge in [0.2, 0.25) is 0 Å². The molecule has 11 heteroatoms. The lowest BCUT2D eigenvalue weighted by Crippen LogP contribution is -2.55. The number of amides is 1. The molecular formula is C18H21N5O5S. The number of nitrogens with one attached hydrogen (secondary N) is 1. The molecule has 0 fully saturated rings. The van der Waals surface area contributed by atoms with Crippen molar-refractivity contribution in [2.75, 3.05) is 10.7 Å². The summed E-state index contributed by atoms with van der Waals surface area (Å²) < 4.78 is 26.3. The lowest BCUT2D eigenvalue weighted by atomic mass is 9.99. The van der Waals surface area contributed by atoms with Gasteiger partial charge in [0.1, 0.15) is 0 Å². The Morgan fingerprint density at radius 2 is 1.93 bits per heavy atom. The minimum Gasteiger partial charge on any atom is -0.305 e. The van der Waals surface area contributed by atoms with Gasteiger partial charge in [-0.3, -0.25) is 14.3 Å². The van der Waals surface area contributed by atoms with E-state index < -0.39 is 27.2 Å². The minimum absolute atomic E-state index is 0.0792. The molecule has 10 nitrogen and oxygen atoms in total. The number of aryl methyl sites for hydroxylation is 2. The predicted octanol–water partition coefficient (Wildman–Crippen LogP) is 0.580. The summed E-state index contributed by atoms with van der Waals surface area (Å²) in [6, 6.07) is 5.09. The molecule has 0 atom stereocenters. The minimum atomic E-state index is -4.20. The highest BCUT2D eigenvalue weighted by Crippen LogP contribution is 2.27. The second-order valence-electron chi connectivity index (χ2n) is 6.51. The van der Waals surface area contributed by atoms with Crippen molar-refractivity contribution >= 4 is 26.8 Å². The summed E-state index contributed by atoms with van der Waals surface area (Å²) in [5.41, 5.74) is 0.745. The third-order valence-corrected chi connectivity index (χ3v) is 5.59. The first kappa shape index (κ1) is 20.5. The molecule has 154 valence electrons. The summed E-state index contributed by atoms with van der Waals surface area (Å²) in [6.07, 6.45) is 3.03. The van der Waals surface area contributed by atoms with Gasteiger partial charge < -0.3 is 4.98 Å². The van der Waals surface area contributed by atoms with Gasteiger partial charge in [-0.05, 0) is 37.1 Å². The van der Waals surface area contributed by atoms with Crippen LogP contribution in [0.3, 0.4) is 0 Å². The molecule has 0 radical (unpaired) electrons. The predicted molar refractivity (Wildman–Crippen MR) is 109 cm³/mol. The van der Waals surface area contributed by atoms with Crippen molar-refractivity contribution in [2.45, 2.75) is 33.7 Å². The van der Waals surface area contributed by atoms with Crippen molar-refractivity contribution in [2.24, 2.45) is 0 Å². The number of hydrogen-bond acceptors (Lipinski definition) is 6. The number of rotatable bonds is 5. The molecule has 0 aliphatic heterocycles. The van der Waals surface area contributed by atoms with E-state index in [9.17, 15) is 22.8 Å². The normalized spacial score (nSPS) is 11.7. The van der Waals surface area contributed by atoms with E-state index in [4.69, 9.17) is 0 Å². The zero-order valence-electron chi connectivity index (χ0n) is 16.5. The third kappa shape index (κ3) is 3.48. The molecule has 3 aromatic rings. The molecule has 0 bridgehead atoms. The van der Waals surface area contributed by atoms with Gasteiger partial charge in [0.15, 0.2) is 0 Å². The zero-order chi connectivity index (χ0) is 21.5. The molecule has 0 aliphatic carbocycles. The van der Waals surface area contributed by atoms with E-state index in [1.54, 1.807) is 23.0 Å². The fourth-order valence-corrected chi connectivity index (χ4v) is 4.24. The van der Waals surface area contributed by atoms with Crippen LogP contribution < -0.4 is 15.7 Å². The van der Waals surface area contributed by atoms with E-state index in [1.807, 2.05) is 19.9 Å². The molecular weight excluding hydrogens is 398 g/mol. The summed E-state index contributed by atoms with van der Waals surface area (Å²) >= 11 is 0. The molecule has 0 spiro atoms. The number of hydrogen-bond donors (Lipinski definition) is 1. The van der Waals surface area contributed by atoms with Crippen molar-refractivity contribution in [3.8, 4) is 11.3 Å². The number of sulfonamides is 1. The highest BCUT2D eigenvalue weighted by molar-refractivity contribution is 7.92. The van der Waals surface area contributed by atoms with Gasteiger partial charge in [-0.1, -0.05) is 6.92 Å². The van der Waals surface area contributed by atoms with Gasteiger partial charge in [0, 0.05) is 25.2 Å². The van der Waals surface area contributed by atoms with Crippen molar-refractivity contribution < 1.29 is 13.2 Å². The highest BCUT2D eigenvalue weighted by atomic mass is 32.2. The maximum absolute atomic E-state index is 13.1. The van der Waals surface area contributed by atoms with Crippen molar-refractivity contribution in [1.82, 2.24) is 19.4 Å². The summed E-state index contributed by atoms with van der Waals surface area (Å²) in [7, 11) is -4.20. The molecule has 1 amide bonds. The Kier molecular flexibility index (Phi) is 5.18. The SMILES string of the molecule is CCc1cc2[nH]c(=O)n(N(C(C)=O)S(C)(=O)=O)c(=O)c2cc1-c1ccnn1CC. The Bertz CT molecular complexity index is 1330. The second kappa shape index (κ2) is 7.32. The first-order valence-corrected chi connectivity index (χ1v) is 10.8. The average Bonchev–Trinajstić information content (AvgIpc) is 3.11. The Hall–Kier alpha value is -3.21. The van der Waals surface area contributed by atoms with Crippen LogP contribution >= 0.6 is 0 Å². The van der Waals surface area contributed by atoms with Crippen LogP contribution in [0.2, 0.25) is 0 Å². The van der Waals surface area contributed by atoms with E-state index in [1.165, 1.54) is 0 Å². The summed E-state index contributed by atoms with van der Waals surface area (Å²) in [5.74, 6) is -0.978. The molecule has 2 heterocycles. The van der Waals surface area contributed by atoms with Crippen molar-refractivity contribution in [3.05, 3.63) is 50.8 Å². The zero-order valence-corrected chi connectivity index (χ0v) is 17.3. The van der Waals surface area contributed by atoms with Crippen LogP contribution in [0, 0.1) is 0 Å². The number of carbonyl (C=O) groups is 1. The Morgan fingerprint density at radius 3 is 2.48 bits per heavy atom. The highest BCUT2D eigenvalue weighted by Gasteiger charge is 2.27. The van der Waals surface area contributed by atoms with Gasteiger partial charge in [-0.25, -0.2) is 13.2 Å². The fraction of sp³-hybridized carbons (Fsp3) is 0.333. The largest absolute Gasteiger partial charge is 0.349 e. The van der Waals surface area contributed by atoms with Crippen LogP contribution in [-0.2, 0) is 27.8 Å². The molecule has 0 saturated heterocycles. The Labute approximate surface area is 166 Å². The van der Waals surface area contributed by atoms with E-state index >= 15 is 0 Å². The molecule has 2 aromatic heterocycles. The standard InChI is InChI=1S/C18H21N5O5S/c1-5-12-9-15-14(10-13(12)16-7-8-19-21(16)6-2)17(25)22(18(26)20-15)23(11(3)24)29(4,27)28/h7-10H,5-6H2,1-4H3,(H,20,26). The first-order chi connectivity index (χ1) is 13.6. The molecule has 3 rings (SSSR count). The lowest BCUT2D eigenvalue weighted by molar-refractivity contribution is -0.116. The Balaban J connectivity index is 2.42. The topological polar surface area (TPSA) is 127 Å². The van der Waals surface area contributed by atoms with Crippen LogP contribution in [0.1, 0.15) is 26.3 Å². The van der Waals surface area contributed by atoms with E-state index in [0.29, 0.717) is 17.6 Å².